The van der Waals surface area contributed by atoms with Crippen LogP contribution in [0.2, 0.25) is 0 Å². The summed E-state index contributed by atoms with van der Waals surface area (Å²) < 4.78 is 26.5. The fourth-order valence-corrected chi connectivity index (χ4v) is 5.53. The molecule has 1 aromatic carbocycles. The molecule has 10 heteroatoms. The molecule has 0 aromatic heterocycles. The van der Waals surface area contributed by atoms with Crippen LogP contribution < -0.4 is 15.8 Å². The van der Waals surface area contributed by atoms with E-state index in [2.05, 4.69) is 10.0 Å². The molecule has 1 atom stereocenters. The minimum absolute atomic E-state index is 0. The molecule has 1 amide bonds. The van der Waals surface area contributed by atoms with Gasteiger partial charge in [0.15, 0.2) is 0 Å². The van der Waals surface area contributed by atoms with E-state index in [0.717, 1.165) is 17.3 Å². The van der Waals surface area contributed by atoms with E-state index in [1.165, 1.54) is 12.1 Å². The van der Waals surface area contributed by atoms with Crippen molar-refractivity contribution in [2.45, 2.75) is 10.1 Å². The van der Waals surface area contributed by atoms with Crippen molar-refractivity contribution in [3.63, 3.8) is 0 Å². The molecule has 23 heavy (non-hydrogen) atoms. The van der Waals surface area contributed by atoms with Crippen LogP contribution in [0, 0.1) is 0 Å². The van der Waals surface area contributed by atoms with E-state index < -0.39 is 10.0 Å². The van der Waals surface area contributed by atoms with Crippen LogP contribution in [0.25, 0.3) is 0 Å². The smallest absolute Gasteiger partial charge is 0.240 e. The highest BCUT2D eigenvalue weighted by atomic mass is 35.5. The predicted octanol–water partition coefficient (Wildman–Crippen LogP) is 1.13. The molecule has 0 spiro atoms. The summed E-state index contributed by atoms with van der Waals surface area (Å²) in [4.78, 5) is 12.3. The van der Waals surface area contributed by atoms with Gasteiger partial charge in [0, 0.05) is 36.0 Å². The van der Waals surface area contributed by atoms with Gasteiger partial charge in [0.2, 0.25) is 15.9 Å². The zero-order valence-electron chi connectivity index (χ0n) is 12.4. The van der Waals surface area contributed by atoms with Gasteiger partial charge in [0.25, 0.3) is 0 Å². The molecule has 0 bridgehead atoms. The number of carbonyl (C=O) groups excluding carboxylic acids is 1. The Morgan fingerprint density at radius 1 is 1.35 bits per heavy atom. The number of hydrogen-bond donors (Lipinski definition) is 3. The molecule has 1 heterocycles. The molecule has 0 radical (unpaired) electrons. The van der Waals surface area contributed by atoms with E-state index in [0.29, 0.717) is 5.69 Å². The highest BCUT2D eigenvalue weighted by molar-refractivity contribution is 8.07. The van der Waals surface area contributed by atoms with Crippen LogP contribution in [-0.2, 0) is 14.8 Å². The van der Waals surface area contributed by atoms with Gasteiger partial charge in [-0.05, 0) is 18.2 Å². The van der Waals surface area contributed by atoms with Gasteiger partial charge in [-0.1, -0.05) is 6.07 Å². The lowest BCUT2D eigenvalue weighted by atomic mass is 10.3. The third-order valence-corrected chi connectivity index (χ3v) is 7.17. The number of benzene rings is 1. The summed E-state index contributed by atoms with van der Waals surface area (Å²) in [7, 11) is -3.60. The molecule has 0 aliphatic carbocycles. The summed E-state index contributed by atoms with van der Waals surface area (Å²) in [5, 5.41) is 2.70. The number of halogens is 1. The maximum Gasteiger partial charge on any atom is 0.240 e. The second kappa shape index (κ2) is 9.75. The highest BCUT2D eigenvalue weighted by Gasteiger charge is 2.22. The van der Waals surface area contributed by atoms with Gasteiger partial charge < -0.3 is 11.1 Å². The van der Waals surface area contributed by atoms with E-state index in [1.807, 2.05) is 0 Å². The van der Waals surface area contributed by atoms with Gasteiger partial charge in [-0.2, -0.15) is 11.8 Å². The third-order valence-electron chi connectivity index (χ3n) is 2.96. The summed E-state index contributed by atoms with van der Waals surface area (Å²) in [5.74, 6) is 2.73. The van der Waals surface area contributed by atoms with Crippen LogP contribution >= 0.6 is 35.9 Å². The van der Waals surface area contributed by atoms with Crippen LogP contribution in [-0.4, -0.2) is 49.9 Å². The Morgan fingerprint density at radius 2 is 2.13 bits per heavy atom. The fourth-order valence-electron chi connectivity index (χ4n) is 1.88. The number of anilines is 1. The molecular weight excluding hydrogens is 378 g/mol. The lowest BCUT2D eigenvalue weighted by Gasteiger charge is -2.20. The van der Waals surface area contributed by atoms with E-state index in [4.69, 9.17) is 5.73 Å². The zero-order chi connectivity index (χ0) is 16.0. The van der Waals surface area contributed by atoms with Crippen molar-refractivity contribution >= 4 is 57.5 Å². The predicted molar refractivity (Wildman–Crippen MR) is 100 cm³/mol. The van der Waals surface area contributed by atoms with Gasteiger partial charge in [0.05, 0.1) is 10.1 Å². The molecule has 0 saturated carbocycles. The van der Waals surface area contributed by atoms with Crippen molar-refractivity contribution in [1.29, 1.82) is 0 Å². The molecule has 1 aliphatic heterocycles. The molecule has 2 rings (SSSR count). The molecule has 1 unspecified atom stereocenters. The Bertz CT molecular complexity index is 622. The van der Waals surface area contributed by atoms with Gasteiger partial charge in [-0.25, -0.2) is 13.1 Å². The zero-order valence-corrected chi connectivity index (χ0v) is 15.6. The first-order valence-electron chi connectivity index (χ1n) is 6.83. The summed E-state index contributed by atoms with van der Waals surface area (Å²) in [6.45, 7) is 0.404. The van der Waals surface area contributed by atoms with Crippen LogP contribution in [0.15, 0.2) is 29.2 Å². The lowest BCUT2D eigenvalue weighted by molar-refractivity contribution is -0.115. The van der Waals surface area contributed by atoms with Crippen molar-refractivity contribution in [1.82, 2.24) is 4.72 Å². The van der Waals surface area contributed by atoms with Gasteiger partial charge >= 0.3 is 0 Å². The van der Waals surface area contributed by atoms with Crippen LogP contribution in [0.5, 0.6) is 0 Å². The van der Waals surface area contributed by atoms with Gasteiger partial charge in [0.1, 0.15) is 0 Å². The van der Waals surface area contributed by atoms with E-state index in [9.17, 15) is 13.2 Å². The van der Waals surface area contributed by atoms with Gasteiger partial charge in [-0.3, -0.25) is 4.79 Å². The average Bonchev–Trinajstić information content (AvgIpc) is 2.54. The minimum Gasteiger partial charge on any atom is -0.329 e. The number of thioether (sulfide) groups is 2. The second-order valence-electron chi connectivity index (χ2n) is 4.64. The molecule has 1 aliphatic rings. The number of sulfonamides is 1. The summed E-state index contributed by atoms with van der Waals surface area (Å²) >= 11 is 3.39. The Morgan fingerprint density at radius 3 is 2.78 bits per heavy atom. The summed E-state index contributed by atoms with van der Waals surface area (Å²) in [5.41, 5.74) is 5.79. The van der Waals surface area contributed by atoms with E-state index in [1.54, 1.807) is 35.7 Å². The van der Waals surface area contributed by atoms with Crippen molar-refractivity contribution in [3.05, 3.63) is 24.3 Å². The standard InChI is InChI=1S/C13H19N3O3S3.ClH/c14-4-5-15-22(18,19)11-3-1-2-10(8-11)16-13(17)12-9-20-6-7-21-12;/h1-3,8,12,15H,4-7,9,14H2,(H,16,17);1H. The monoisotopic (exact) mass is 397 g/mol. The third kappa shape index (κ3) is 6.17. The maximum absolute atomic E-state index is 12.2. The summed E-state index contributed by atoms with van der Waals surface area (Å²) in [6, 6.07) is 6.23. The first kappa shape index (κ1) is 20.6. The van der Waals surface area contributed by atoms with Crippen molar-refractivity contribution in [2.75, 3.05) is 35.7 Å². The van der Waals surface area contributed by atoms with Crippen LogP contribution in [0.1, 0.15) is 0 Å². The Labute approximate surface area is 151 Å². The van der Waals surface area contributed by atoms with Crippen molar-refractivity contribution in [2.24, 2.45) is 5.73 Å². The largest absolute Gasteiger partial charge is 0.329 e. The number of rotatable bonds is 6. The Balaban J connectivity index is 0.00000264. The fraction of sp³-hybridized carbons (Fsp3) is 0.462. The summed E-state index contributed by atoms with van der Waals surface area (Å²) in [6.07, 6.45) is 0. The van der Waals surface area contributed by atoms with Crippen LogP contribution in [0.4, 0.5) is 5.69 Å². The first-order chi connectivity index (χ1) is 10.5. The quantitative estimate of drug-likeness (QED) is 0.665. The molecular formula is C13H20ClN3O3S3. The normalized spacial score (nSPS) is 18.0. The molecule has 1 saturated heterocycles. The first-order valence-corrected chi connectivity index (χ1v) is 10.5. The Kier molecular flexibility index (Phi) is 8.73. The Hall–Kier alpha value is -0.450. The molecule has 4 N–H and O–H groups in total. The van der Waals surface area contributed by atoms with E-state index in [-0.39, 0.29) is 41.5 Å². The number of nitrogens with one attached hydrogen (secondary N) is 2. The van der Waals surface area contributed by atoms with E-state index >= 15 is 0 Å². The lowest BCUT2D eigenvalue weighted by Crippen LogP contribution is -2.30. The minimum atomic E-state index is -3.60. The van der Waals surface area contributed by atoms with Crippen molar-refractivity contribution < 1.29 is 13.2 Å². The van der Waals surface area contributed by atoms with Gasteiger partial charge in [-0.15, -0.1) is 24.2 Å². The number of carbonyl (C=O) groups is 1. The SMILES string of the molecule is Cl.NCCNS(=O)(=O)c1cccc(NC(=O)C2CSCCS2)c1. The second-order valence-corrected chi connectivity index (χ2v) is 8.87. The molecule has 1 fully saturated rings. The number of amides is 1. The average molecular weight is 398 g/mol. The number of nitrogens with two attached hydrogens (primary N) is 1. The van der Waals surface area contributed by atoms with Crippen LogP contribution in [0.3, 0.4) is 0 Å². The highest BCUT2D eigenvalue weighted by Crippen LogP contribution is 2.25. The molecule has 1 aromatic rings. The van der Waals surface area contributed by atoms with Crippen molar-refractivity contribution in [3.8, 4) is 0 Å². The number of hydrogen-bond acceptors (Lipinski definition) is 6. The molecule has 130 valence electrons. The molecule has 6 nitrogen and oxygen atoms in total. The maximum atomic E-state index is 12.2. The topological polar surface area (TPSA) is 101 Å².